The van der Waals surface area contributed by atoms with E-state index >= 15 is 0 Å². The van der Waals surface area contributed by atoms with Gasteiger partial charge in [-0.3, -0.25) is 9.59 Å². The highest BCUT2D eigenvalue weighted by Crippen LogP contribution is 2.37. The van der Waals surface area contributed by atoms with E-state index in [1.54, 1.807) is 30.0 Å². The number of hydrogen-bond acceptors (Lipinski definition) is 6. The number of allylic oxidation sites excluding steroid dienone is 5. The van der Waals surface area contributed by atoms with Crippen molar-refractivity contribution >= 4 is 33.8 Å². The van der Waals surface area contributed by atoms with E-state index in [2.05, 4.69) is 93.4 Å². The van der Waals surface area contributed by atoms with Crippen molar-refractivity contribution in [2.45, 2.75) is 53.4 Å². The number of ether oxygens (including phenoxy) is 2. The molecule has 3 aromatic carbocycles. The van der Waals surface area contributed by atoms with Crippen LogP contribution in [-0.2, 0) is 4.74 Å². The molecule has 0 spiro atoms. The first-order valence-corrected chi connectivity index (χ1v) is 16.5. The lowest BCUT2D eigenvalue weighted by molar-refractivity contribution is 0.0924. The van der Waals surface area contributed by atoms with E-state index < -0.39 is 0 Å². The zero-order chi connectivity index (χ0) is 33.6. The molecule has 0 aliphatic heterocycles. The van der Waals surface area contributed by atoms with Crippen molar-refractivity contribution in [1.29, 1.82) is 0 Å². The Morgan fingerprint density at radius 2 is 1.59 bits per heavy atom. The largest absolute Gasteiger partial charge is 0.491 e. The standard InChI is InChI=1S/C40H47NO4S/c1-9-32(33-15-17-34(18-16-33)38(10-2)46-39-25-28(5)11-12-29(39)6)14-13-30(7)41-21-22-44-23-24-45-35-19-20-36(31(8)42)37(26-35)40(43)27(3)4/h9-20,25-27,41H,7,21-24H2,1-6,8H3/b14-13-,32-9+,38-10-. The van der Waals surface area contributed by atoms with E-state index in [4.69, 9.17) is 9.47 Å². The summed E-state index contributed by atoms with van der Waals surface area (Å²) < 4.78 is 11.5. The van der Waals surface area contributed by atoms with Gasteiger partial charge in [-0.25, -0.2) is 0 Å². The van der Waals surface area contributed by atoms with Crippen molar-refractivity contribution in [3.63, 3.8) is 0 Å². The quantitative estimate of drug-likeness (QED) is 0.0688. The van der Waals surface area contributed by atoms with Gasteiger partial charge in [-0.1, -0.05) is 86.8 Å². The lowest BCUT2D eigenvalue weighted by Crippen LogP contribution is -2.19. The number of carbonyl (C=O) groups excluding carboxylic acids is 2. The van der Waals surface area contributed by atoms with Crippen LogP contribution in [0.25, 0.3) is 10.5 Å². The maximum absolute atomic E-state index is 12.6. The van der Waals surface area contributed by atoms with Crippen LogP contribution < -0.4 is 10.1 Å². The van der Waals surface area contributed by atoms with Crippen molar-refractivity contribution in [3.8, 4) is 5.75 Å². The molecule has 5 nitrogen and oxygen atoms in total. The molecule has 0 radical (unpaired) electrons. The van der Waals surface area contributed by atoms with Crippen LogP contribution in [0.1, 0.15) is 77.6 Å². The average molecular weight is 638 g/mol. The number of rotatable bonds is 17. The van der Waals surface area contributed by atoms with Gasteiger partial charge in [0.2, 0.25) is 0 Å². The van der Waals surface area contributed by atoms with Crippen LogP contribution in [0, 0.1) is 19.8 Å². The second kappa shape index (κ2) is 18.1. The molecule has 0 heterocycles. The minimum Gasteiger partial charge on any atom is -0.491 e. The van der Waals surface area contributed by atoms with Crippen molar-refractivity contribution < 1.29 is 19.1 Å². The molecular weight excluding hydrogens is 591 g/mol. The summed E-state index contributed by atoms with van der Waals surface area (Å²) in [5, 5.41) is 3.28. The van der Waals surface area contributed by atoms with Gasteiger partial charge in [-0.15, -0.1) is 0 Å². The third-order valence-corrected chi connectivity index (χ3v) is 8.71. The summed E-state index contributed by atoms with van der Waals surface area (Å²) in [4.78, 5) is 27.0. The summed E-state index contributed by atoms with van der Waals surface area (Å²) in [7, 11) is 0. The van der Waals surface area contributed by atoms with Gasteiger partial charge in [0.1, 0.15) is 12.4 Å². The topological polar surface area (TPSA) is 64.6 Å². The van der Waals surface area contributed by atoms with Crippen LogP contribution in [0.15, 0.2) is 102 Å². The van der Waals surface area contributed by atoms with Crippen LogP contribution in [0.5, 0.6) is 5.75 Å². The number of aryl methyl sites for hydroxylation is 2. The maximum atomic E-state index is 12.6. The van der Waals surface area contributed by atoms with Crippen LogP contribution in [0.3, 0.4) is 0 Å². The zero-order valence-corrected chi connectivity index (χ0v) is 29.1. The van der Waals surface area contributed by atoms with Crippen LogP contribution >= 0.6 is 11.8 Å². The van der Waals surface area contributed by atoms with Gasteiger partial charge < -0.3 is 14.8 Å². The first-order valence-electron chi connectivity index (χ1n) is 15.7. The lowest BCUT2D eigenvalue weighted by Gasteiger charge is -2.13. The Labute approximate surface area is 279 Å². The Hall–Kier alpha value is -4.13. The third kappa shape index (κ3) is 10.7. The zero-order valence-electron chi connectivity index (χ0n) is 28.2. The monoisotopic (exact) mass is 637 g/mol. The van der Waals surface area contributed by atoms with Crippen molar-refractivity contribution in [3.05, 3.63) is 131 Å². The van der Waals surface area contributed by atoms with Gasteiger partial charge in [0.25, 0.3) is 0 Å². The fourth-order valence-corrected chi connectivity index (χ4v) is 5.78. The van der Waals surface area contributed by atoms with Gasteiger partial charge in [-0.2, -0.15) is 0 Å². The number of ketones is 2. The molecular formula is C40H47NO4S. The molecule has 0 amide bonds. The van der Waals surface area contributed by atoms with Crippen molar-refractivity contribution in [2.75, 3.05) is 26.4 Å². The van der Waals surface area contributed by atoms with Crippen molar-refractivity contribution in [1.82, 2.24) is 5.32 Å². The number of nitrogens with one attached hydrogen (secondary N) is 1. The SMILES string of the molecule is C=C(/C=C\C(=C/C)c1ccc(/C(=C/C)Sc2cc(C)ccc2C)cc1)NCCOCCOc1ccc(C(C)=O)c(C(=O)C(C)C)c1. The summed E-state index contributed by atoms with van der Waals surface area (Å²) in [5.41, 5.74) is 7.62. The van der Waals surface area contributed by atoms with Crippen molar-refractivity contribution in [2.24, 2.45) is 5.92 Å². The highest BCUT2D eigenvalue weighted by molar-refractivity contribution is 8.08. The Morgan fingerprint density at radius 3 is 2.24 bits per heavy atom. The molecule has 0 bridgehead atoms. The van der Waals surface area contributed by atoms with E-state index in [9.17, 15) is 9.59 Å². The van der Waals surface area contributed by atoms with E-state index in [1.807, 2.05) is 26.8 Å². The van der Waals surface area contributed by atoms with Crippen LogP contribution in [-0.4, -0.2) is 37.9 Å². The fraction of sp³-hybridized carbons (Fsp3) is 0.300. The second-order valence-electron chi connectivity index (χ2n) is 11.4. The highest BCUT2D eigenvalue weighted by atomic mass is 32.2. The molecule has 1 N–H and O–H groups in total. The summed E-state index contributed by atoms with van der Waals surface area (Å²) in [6.07, 6.45) is 8.31. The van der Waals surface area contributed by atoms with Gasteiger partial charge >= 0.3 is 0 Å². The molecule has 0 unspecified atom stereocenters. The molecule has 0 fully saturated rings. The number of carbonyl (C=O) groups is 2. The second-order valence-corrected chi connectivity index (χ2v) is 12.5. The third-order valence-electron chi connectivity index (χ3n) is 7.36. The molecule has 3 aromatic rings. The molecule has 46 heavy (non-hydrogen) atoms. The van der Waals surface area contributed by atoms with E-state index in [0.29, 0.717) is 43.2 Å². The lowest BCUT2D eigenvalue weighted by atomic mass is 9.94. The Morgan fingerprint density at radius 1 is 0.870 bits per heavy atom. The molecule has 0 aromatic heterocycles. The first-order chi connectivity index (χ1) is 22.0. The molecule has 0 aliphatic rings. The van der Waals surface area contributed by atoms with E-state index in [1.165, 1.54) is 33.4 Å². The molecule has 0 saturated heterocycles. The van der Waals surface area contributed by atoms with Gasteiger partial charge in [-0.05, 0) is 92.8 Å². The first kappa shape index (κ1) is 36.3. The van der Waals surface area contributed by atoms with Crippen LogP contribution in [0.2, 0.25) is 0 Å². The highest BCUT2D eigenvalue weighted by Gasteiger charge is 2.18. The normalized spacial score (nSPS) is 12.1. The van der Waals surface area contributed by atoms with Gasteiger partial charge in [0.15, 0.2) is 11.6 Å². The van der Waals surface area contributed by atoms with Gasteiger partial charge in [0.05, 0.1) is 13.2 Å². The van der Waals surface area contributed by atoms with E-state index in [0.717, 1.165) is 16.8 Å². The van der Waals surface area contributed by atoms with Gasteiger partial charge in [0, 0.05) is 39.1 Å². The molecule has 3 rings (SSSR count). The molecule has 0 atom stereocenters. The summed E-state index contributed by atoms with van der Waals surface area (Å²) in [5.74, 6) is 0.122. The average Bonchev–Trinajstić information content (AvgIpc) is 3.04. The summed E-state index contributed by atoms with van der Waals surface area (Å²) in [6, 6.07) is 20.3. The predicted octanol–water partition coefficient (Wildman–Crippen LogP) is 9.66. The molecule has 0 saturated carbocycles. The number of benzene rings is 3. The predicted molar refractivity (Wildman–Crippen MR) is 194 cm³/mol. The Bertz CT molecular complexity index is 1610. The molecule has 242 valence electrons. The minimum atomic E-state index is -0.208. The molecule has 0 aliphatic carbocycles. The number of thioether (sulfide) groups is 1. The Balaban J connectivity index is 1.43. The summed E-state index contributed by atoms with van der Waals surface area (Å²) >= 11 is 1.81. The molecule has 6 heteroatoms. The minimum absolute atomic E-state index is 0.0754. The smallest absolute Gasteiger partial charge is 0.166 e. The van der Waals surface area contributed by atoms with Crippen LogP contribution in [0.4, 0.5) is 0 Å². The summed E-state index contributed by atoms with van der Waals surface area (Å²) in [6.45, 7) is 19.4. The Kier molecular flexibility index (Phi) is 14.3. The maximum Gasteiger partial charge on any atom is 0.166 e. The number of hydrogen-bond donors (Lipinski definition) is 1. The fourth-order valence-electron chi connectivity index (χ4n) is 4.69. The van der Waals surface area contributed by atoms with E-state index in [-0.39, 0.29) is 17.5 Å². The number of Topliss-reactive ketones (excluding diaryl/α,β-unsaturated/α-hetero) is 2.